The molecule has 0 bridgehead atoms. The molecular formula is C21H28ClN5O. The van der Waals surface area contributed by atoms with E-state index in [0.717, 1.165) is 43.0 Å². The minimum atomic E-state index is -0.0470. The Morgan fingerprint density at radius 3 is 2.64 bits per heavy atom. The zero-order valence-electron chi connectivity index (χ0n) is 16.5. The van der Waals surface area contributed by atoms with Gasteiger partial charge in [0.05, 0.1) is 6.54 Å². The van der Waals surface area contributed by atoms with Gasteiger partial charge >= 0.3 is 0 Å². The van der Waals surface area contributed by atoms with E-state index in [2.05, 4.69) is 25.9 Å². The number of pyridine rings is 1. The Hall–Kier alpha value is -2.60. The summed E-state index contributed by atoms with van der Waals surface area (Å²) < 4.78 is 0. The molecule has 0 unspecified atom stereocenters. The second-order valence-electron chi connectivity index (χ2n) is 6.32. The summed E-state index contributed by atoms with van der Waals surface area (Å²) in [7, 11) is 0. The van der Waals surface area contributed by atoms with Gasteiger partial charge in [-0.05, 0) is 49.1 Å². The van der Waals surface area contributed by atoms with Gasteiger partial charge in [-0.1, -0.05) is 36.7 Å². The lowest BCUT2D eigenvalue weighted by molar-refractivity contribution is 0.0953. The summed E-state index contributed by atoms with van der Waals surface area (Å²) in [5, 5.41) is 9.95. The van der Waals surface area contributed by atoms with E-state index < -0.39 is 0 Å². The summed E-state index contributed by atoms with van der Waals surface area (Å²) in [6, 6.07) is 11.3. The standard InChI is InChI=1S/C21H28ClN5O/c1-3-11-24-20(28)18-7-5-6-17(13-18)15-27-21(23-4-2)25-12-10-16-8-9-19(22)26-14-16/h5-9,13-14H,3-4,10-12,15H2,1-2H3,(H,24,28)(H2,23,25,27). The highest BCUT2D eigenvalue weighted by Gasteiger charge is 2.05. The molecule has 0 fully saturated rings. The molecule has 0 aliphatic rings. The maximum Gasteiger partial charge on any atom is 0.251 e. The van der Waals surface area contributed by atoms with Gasteiger partial charge < -0.3 is 16.0 Å². The van der Waals surface area contributed by atoms with Crippen molar-refractivity contribution in [2.75, 3.05) is 19.6 Å². The quantitative estimate of drug-likeness (QED) is 0.342. The first-order valence-electron chi connectivity index (χ1n) is 9.62. The third-order valence-electron chi connectivity index (χ3n) is 3.98. The van der Waals surface area contributed by atoms with Crippen LogP contribution in [0.2, 0.25) is 5.15 Å². The molecule has 0 saturated heterocycles. The first-order chi connectivity index (χ1) is 13.6. The van der Waals surface area contributed by atoms with Crippen LogP contribution in [-0.4, -0.2) is 36.5 Å². The van der Waals surface area contributed by atoms with E-state index in [0.29, 0.717) is 23.8 Å². The molecular weight excluding hydrogens is 374 g/mol. The minimum absolute atomic E-state index is 0.0470. The molecule has 0 spiro atoms. The predicted molar refractivity (Wildman–Crippen MR) is 115 cm³/mol. The molecule has 1 amide bonds. The molecule has 7 heteroatoms. The molecule has 0 atom stereocenters. The van der Waals surface area contributed by atoms with Gasteiger partial charge in [-0.15, -0.1) is 0 Å². The van der Waals surface area contributed by atoms with E-state index in [1.807, 2.05) is 44.2 Å². The maximum absolute atomic E-state index is 12.1. The minimum Gasteiger partial charge on any atom is -0.357 e. The molecule has 2 rings (SSSR count). The fourth-order valence-electron chi connectivity index (χ4n) is 2.54. The highest BCUT2D eigenvalue weighted by Crippen LogP contribution is 2.07. The summed E-state index contributed by atoms with van der Waals surface area (Å²) in [5.74, 6) is 0.694. The van der Waals surface area contributed by atoms with E-state index in [-0.39, 0.29) is 5.91 Å². The average molecular weight is 402 g/mol. The van der Waals surface area contributed by atoms with Crippen molar-refractivity contribution in [3.05, 3.63) is 64.4 Å². The van der Waals surface area contributed by atoms with Crippen molar-refractivity contribution < 1.29 is 4.79 Å². The van der Waals surface area contributed by atoms with E-state index in [1.54, 1.807) is 12.3 Å². The molecule has 0 radical (unpaired) electrons. The van der Waals surface area contributed by atoms with Crippen molar-refractivity contribution in [2.24, 2.45) is 4.99 Å². The van der Waals surface area contributed by atoms with Crippen LogP contribution in [0.3, 0.4) is 0 Å². The number of nitrogens with one attached hydrogen (secondary N) is 3. The van der Waals surface area contributed by atoms with Crippen LogP contribution in [0.1, 0.15) is 41.8 Å². The Labute approximate surface area is 171 Å². The molecule has 150 valence electrons. The number of aromatic nitrogens is 1. The molecule has 0 aliphatic carbocycles. The van der Waals surface area contributed by atoms with Gasteiger partial charge in [0.25, 0.3) is 5.91 Å². The largest absolute Gasteiger partial charge is 0.357 e. The molecule has 2 aromatic rings. The number of benzene rings is 1. The van der Waals surface area contributed by atoms with Crippen LogP contribution in [0.15, 0.2) is 47.6 Å². The highest BCUT2D eigenvalue weighted by atomic mass is 35.5. The summed E-state index contributed by atoms with van der Waals surface area (Å²) in [4.78, 5) is 20.8. The Balaban J connectivity index is 1.92. The number of amides is 1. The summed E-state index contributed by atoms with van der Waals surface area (Å²) in [6.45, 7) is 6.73. The van der Waals surface area contributed by atoms with Crippen molar-refractivity contribution in [3.63, 3.8) is 0 Å². The van der Waals surface area contributed by atoms with Crippen LogP contribution in [0.4, 0.5) is 0 Å². The maximum atomic E-state index is 12.1. The SMILES string of the molecule is CCCNC(=O)c1cccc(CN=C(NCC)NCCc2ccc(Cl)nc2)c1. The van der Waals surface area contributed by atoms with E-state index >= 15 is 0 Å². The molecule has 6 nitrogen and oxygen atoms in total. The van der Waals surface area contributed by atoms with E-state index in [9.17, 15) is 4.79 Å². The van der Waals surface area contributed by atoms with Gasteiger partial charge in [-0.3, -0.25) is 4.79 Å². The molecule has 1 aromatic carbocycles. The van der Waals surface area contributed by atoms with Crippen molar-refractivity contribution >= 4 is 23.5 Å². The van der Waals surface area contributed by atoms with Gasteiger partial charge in [0.1, 0.15) is 5.15 Å². The van der Waals surface area contributed by atoms with Crippen LogP contribution >= 0.6 is 11.6 Å². The molecule has 0 saturated carbocycles. The number of nitrogens with zero attached hydrogens (tertiary/aromatic N) is 2. The molecule has 1 aromatic heterocycles. The number of carbonyl (C=O) groups is 1. The zero-order valence-corrected chi connectivity index (χ0v) is 17.2. The van der Waals surface area contributed by atoms with Crippen molar-refractivity contribution in [2.45, 2.75) is 33.2 Å². The van der Waals surface area contributed by atoms with Gasteiger partial charge in [0.2, 0.25) is 0 Å². The molecule has 0 aliphatic heterocycles. The van der Waals surface area contributed by atoms with Crippen LogP contribution in [0, 0.1) is 0 Å². The van der Waals surface area contributed by atoms with Crippen molar-refractivity contribution in [1.82, 2.24) is 20.9 Å². The fraction of sp³-hybridized carbons (Fsp3) is 0.381. The van der Waals surface area contributed by atoms with Gasteiger partial charge in [0, 0.05) is 31.4 Å². The number of guanidine groups is 1. The summed E-state index contributed by atoms with van der Waals surface area (Å²) in [6.07, 6.45) is 3.52. The fourth-order valence-corrected chi connectivity index (χ4v) is 2.65. The Morgan fingerprint density at radius 1 is 1.07 bits per heavy atom. The number of aliphatic imine (C=N–C) groups is 1. The summed E-state index contributed by atoms with van der Waals surface area (Å²) >= 11 is 5.81. The number of halogens is 1. The van der Waals surface area contributed by atoms with E-state index in [1.165, 1.54) is 0 Å². The highest BCUT2D eigenvalue weighted by molar-refractivity contribution is 6.29. The average Bonchev–Trinajstić information content (AvgIpc) is 2.72. The number of hydrogen-bond acceptors (Lipinski definition) is 3. The Bertz CT molecular complexity index is 777. The third-order valence-corrected chi connectivity index (χ3v) is 4.21. The number of rotatable bonds is 9. The lowest BCUT2D eigenvalue weighted by atomic mass is 10.1. The van der Waals surface area contributed by atoms with Gasteiger partial charge in [0.15, 0.2) is 5.96 Å². The monoisotopic (exact) mass is 401 g/mol. The third kappa shape index (κ3) is 7.56. The first-order valence-corrected chi connectivity index (χ1v) is 10.00. The Morgan fingerprint density at radius 2 is 1.93 bits per heavy atom. The Kier molecular flexibility index (Phi) is 9.28. The summed E-state index contributed by atoms with van der Waals surface area (Å²) in [5.41, 5.74) is 2.76. The van der Waals surface area contributed by atoms with Crippen LogP contribution in [0.5, 0.6) is 0 Å². The van der Waals surface area contributed by atoms with Crippen LogP contribution in [0.25, 0.3) is 0 Å². The smallest absolute Gasteiger partial charge is 0.251 e. The van der Waals surface area contributed by atoms with Crippen LogP contribution in [-0.2, 0) is 13.0 Å². The van der Waals surface area contributed by atoms with E-state index in [4.69, 9.17) is 11.6 Å². The number of hydrogen-bond donors (Lipinski definition) is 3. The lowest BCUT2D eigenvalue weighted by Crippen LogP contribution is -2.38. The topological polar surface area (TPSA) is 78.4 Å². The number of carbonyl (C=O) groups excluding carboxylic acids is 1. The van der Waals surface area contributed by atoms with Crippen LogP contribution < -0.4 is 16.0 Å². The predicted octanol–water partition coefficient (Wildman–Crippen LogP) is 3.17. The van der Waals surface area contributed by atoms with Gasteiger partial charge in [-0.2, -0.15) is 0 Å². The molecule has 1 heterocycles. The second-order valence-corrected chi connectivity index (χ2v) is 6.70. The second kappa shape index (κ2) is 12.0. The lowest BCUT2D eigenvalue weighted by Gasteiger charge is -2.11. The molecule has 28 heavy (non-hydrogen) atoms. The first kappa shape index (κ1) is 21.7. The molecule has 3 N–H and O–H groups in total. The normalized spacial score (nSPS) is 11.2. The zero-order chi connectivity index (χ0) is 20.2. The van der Waals surface area contributed by atoms with Crippen molar-refractivity contribution in [3.8, 4) is 0 Å². The van der Waals surface area contributed by atoms with Crippen molar-refractivity contribution in [1.29, 1.82) is 0 Å². The van der Waals surface area contributed by atoms with Gasteiger partial charge in [-0.25, -0.2) is 9.98 Å².